The lowest BCUT2D eigenvalue weighted by molar-refractivity contribution is -0.217. The number of hydrogen-bond acceptors (Lipinski definition) is 16. The van der Waals surface area contributed by atoms with E-state index in [1.54, 1.807) is 58.9 Å². The van der Waals surface area contributed by atoms with E-state index >= 15 is 4.79 Å². The molecule has 2 amide bonds. The summed E-state index contributed by atoms with van der Waals surface area (Å²) in [6.45, 7) is 9.56. The van der Waals surface area contributed by atoms with Crippen LogP contribution in [0.3, 0.4) is 0 Å². The van der Waals surface area contributed by atoms with E-state index in [4.69, 9.17) is 33.3 Å². The summed E-state index contributed by atoms with van der Waals surface area (Å²) in [6.07, 6.45) is -2.91. The zero-order valence-electron chi connectivity index (χ0n) is 37.3. The lowest BCUT2D eigenvalue weighted by Gasteiger charge is -2.49. The summed E-state index contributed by atoms with van der Waals surface area (Å²) in [5, 5.41) is 27.8. The number of hydroxylamine groups is 2. The molecule has 4 heterocycles. The molecule has 0 radical (unpaired) electrons. The Hall–Kier alpha value is -5.24. The van der Waals surface area contributed by atoms with Crippen LogP contribution in [0.2, 0.25) is 0 Å². The Morgan fingerprint density at radius 1 is 0.985 bits per heavy atom. The highest BCUT2D eigenvalue weighted by Crippen LogP contribution is 2.58. The van der Waals surface area contributed by atoms with Crippen LogP contribution in [-0.2, 0) is 81.4 Å². The topological polar surface area (TPSA) is 235 Å². The number of amides is 2. The number of ether oxygens (including phenoxy) is 6. The summed E-state index contributed by atoms with van der Waals surface area (Å²) in [6, 6.07) is 11.0. The average Bonchev–Trinajstić information content (AvgIpc) is 3.97. The number of rotatable bonds is 14. The van der Waals surface area contributed by atoms with Gasteiger partial charge in [0, 0.05) is 37.2 Å². The molecule has 2 aromatic rings. The number of carbonyl (C=O) groups excluding carboxylic acids is 6. The predicted octanol–water partition coefficient (Wildman–Crippen LogP) is 1.74. The molecule has 350 valence electrons. The lowest BCUT2D eigenvalue weighted by atomic mass is 9.62. The smallest absolute Gasteiger partial charge is 0.348 e. The first kappa shape index (κ1) is 46.3. The predicted molar refractivity (Wildman–Crippen MR) is 225 cm³/mol. The second kappa shape index (κ2) is 17.5. The minimum atomic E-state index is -1.72. The fourth-order valence-electron chi connectivity index (χ4n) is 9.85. The molecule has 10 atom stereocenters. The average molecular weight is 904 g/mol. The first-order chi connectivity index (χ1) is 30.7. The van der Waals surface area contributed by atoms with Crippen molar-refractivity contribution in [3.05, 3.63) is 76.9 Å². The van der Waals surface area contributed by atoms with E-state index < -0.39 is 119 Å². The first-order valence-electron chi connectivity index (χ1n) is 22.0. The van der Waals surface area contributed by atoms with Crippen LogP contribution in [0.4, 0.5) is 0 Å². The van der Waals surface area contributed by atoms with Gasteiger partial charge in [-0.05, 0) is 62.4 Å². The van der Waals surface area contributed by atoms with Crippen LogP contribution in [-0.4, -0.2) is 130 Å². The molecule has 18 heteroatoms. The Balaban J connectivity index is 1.05. The number of aliphatic hydroxyl groups is 2. The van der Waals surface area contributed by atoms with Gasteiger partial charge in [-0.25, -0.2) is 9.59 Å². The molecule has 2 bridgehead atoms. The molecule has 10 unspecified atom stereocenters. The van der Waals surface area contributed by atoms with E-state index in [1.807, 2.05) is 24.3 Å². The molecule has 5 fully saturated rings. The Bertz CT molecular complexity index is 2230. The van der Waals surface area contributed by atoms with Gasteiger partial charge in [-0.3, -0.25) is 24.0 Å². The van der Waals surface area contributed by atoms with Crippen molar-refractivity contribution in [3.8, 4) is 0 Å². The molecule has 18 nitrogen and oxygen atoms in total. The van der Waals surface area contributed by atoms with E-state index in [0.717, 1.165) is 11.1 Å². The van der Waals surface area contributed by atoms with E-state index in [2.05, 4.69) is 10.6 Å². The summed E-state index contributed by atoms with van der Waals surface area (Å²) in [4.78, 5) is 87.4. The van der Waals surface area contributed by atoms with Crippen molar-refractivity contribution in [2.24, 2.45) is 10.8 Å². The minimum absolute atomic E-state index is 0.0182. The highest BCUT2D eigenvalue weighted by atomic mass is 16.8. The third-order valence-corrected chi connectivity index (χ3v) is 12.9. The van der Waals surface area contributed by atoms with Gasteiger partial charge in [0.25, 0.3) is 0 Å². The molecule has 6 aliphatic rings. The Labute approximate surface area is 376 Å². The molecule has 65 heavy (non-hydrogen) atoms. The second-order valence-corrected chi connectivity index (χ2v) is 19.6. The summed E-state index contributed by atoms with van der Waals surface area (Å²) in [5.41, 5.74) is 0.136. The van der Waals surface area contributed by atoms with Crippen molar-refractivity contribution in [3.63, 3.8) is 0 Å². The van der Waals surface area contributed by atoms with Gasteiger partial charge in [0.2, 0.25) is 17.9 Å². The maximum absolute atomic E-state index is 15.1. The van der Waals surface area contributed by atoms with Crippen LogP contribution >= 0.6 is 0 Å². The molecule has 2 aromatic carbocycles. The van der Waals surface area contributed by atoms with Crippen molar-refractivity contribution in [1.29, 1.82) is 0 Å². The van der Waals surface area contributed by atoms with E-state index in [9.17, 15) is 34.2 Å². The van der Waals surface area contributed by atoms with Gasteiger partial charge in [0.15, 0.2) is 11.8 Å². The summed E-state index contributed by atoms with van der Waals surface area (Å²) in [7, 11) is 0. The van der Waals surface area contributed by atoms with Gasteiger partial charge in [0.05, 0.1) is 25.3 Å². The van der Waals surface area contributed by atoms with Crippen molar-refractivity contribution in [1.82, 2.24) is 15.7 Å². The number of hydrogen-bond donors (Lipinski definition) is 4. The van der Waals surface area contributed by atoms with Crippen LogP contribution in [0.1, 0.15) is 83.1 Å². The van der Waals surface area contributed by atoms with Crippen LogP contribution in [0.15, 0.2) is 54.6 Å². The lowest BCUT2D eigenvalue weighted by Crippen LogP contribution is -2.71. The minimum Gasteiger partial charge on any atom is -0.462 e. The maximum Gasteiger partial charge on any atom is 0.348 e. The molecular weight excluding hydrogens is 847 g/mol. The second-order valence-electron chi connectivity index (χ2n) is 19.6. The van der Waals surface area contributed by atoms with E-state index in [0.29, 0.717) is 24.0 Å². The highest BCUT2D eigenvalue weighted by molar-refractivity contribution is 5.96. The molecule has 1 saturated carbocycles. The highest BCUT2D eigenvalue weighted by Gasteiger charge is 2.76. The van der Waals surface area contributed by atoms with Gasteiger partial charge >= 0.3 is 23.9 Å². The number of cyclic esters (lactones) is 1. The molecule has 4 N–H and O–H groups in total. The SMILES string of the molecule is CC(O)C(NC(=O)C12CC3OC(=O)C1N(Cc1cccc(C=CC(=O)OC4C(=O)OCC4(C)C)c1)OC2C1OC2(Cc4ccccc4C2)OC31)C(=O)NC(CO)CCC(=O)OC(C)(C)C. The number of carbonyl (C=O) groups is 6. The number of nitrogens with one attached hydrogen (secondary N) is 2. The van der Waals surface area contributed by atoms with Crippen LogP contribution < -0.4 is 10.6 Å². The summed E-state index contributed by atoms with van der Waals surface area (Å²) in [5.74, 6) is -5.35. The number of esters is 4. The molecule has 2 aliphatic carbocycles. The summed E-state index contributed by atoms with van der Waals surface area (Å²) < 4.78 is 35.5. The fraction of sp³-hybridized carbons (Fsp3) is 0.574. The maximum atomic E-state index is 15.1. The van der Waals surface area contributed by atoms with E-state index in [-0.39, 0.29) is 32.4 Å². The van der Waals surface area contributed by atoms with Gasteiger partial charge in [0.1, 0.15) is 48.1 Å². The Morgan fingerprint density at radius 2 is 1.69 bits per heavy atom. The zero-order chi connectivity index (χ0) is 46.6. The molecule has 4 aliphatic heterocycles. The number of benzene rings is 2. The van der Waals surface area contributed by atoms with Crippen LogP contribution in [0.25, 0.3) is 6.08 Å². The van der Waals surface area contributed by atoms with Crippen molar-refractivity contribution in [2.75, 3.05) is 13.2 Å². The number of fused-ring (bicyclic) bond motifs is 5. The number of aliphatic hydroxyl groups excluding tert-OH is 2. The van der Waals surface area contributed by atoms with E-state index in [1.165, 1.54) is 24.1 Å². The first-order valence-corrected chi connectivity index (χ1v) is 22.0. The molecular formula is C47H57N3O15. The van der Waals surface area contributed by atoms with Crippen LogP contribution in [0.5, 0.6) is 0 Å². The Morgan fingerprint density at radius 3 is 2.34 bits per heavy atom. The standard InChI is InChI=1S/C47H57N3O15/c1-25(52)34(40(55)48-30(23-51)15-17-33(54)62-44(2,3)4)49-43(58)47-21-31-35-36(64-46(63-35)19-28-12-7-8-13-29(28)20-46)38(47)65-50(37(47)41(56)60-31)22-27-11-9-10-26(18-27)14-16-32(53)61-39-42(57)59-24-45(39,5)6/h7-14,16,18,25,30-31,34-39,51-52H,15,17,19-24H2,1-6H3,(H,48,55)(H,49,58). The van der Waals surface area contributed by atoms with Gasteiger partial charge in [-0.15, -0.1) is 0 Å². The molecule has 8 rings (SSSR count). The quantitative estimate of drug-likeness (QED) is 0.120. The normalized spacial score (nSPS) is 29.6. The largest absolute Gasteiger partial charge is 0.462 e. The van der Waals surface area contributed by atoms with Crippen molar-refractivity contribution in [2.45, 2.75) is 146 Å². The van der Waals surface area contributed by atoms with Crippen molar-refractivity contribution >= 4 is 41.8 Å². The van der Waals surface area contributed by atoms with Crippen LogP contribution in [0, 0.1) is 10.8 Å². The third-order valence-electron chi connectivity index (χ3n) is 12.9. The van der Waals surface area contributed by atoms with Gasteiger partial charge in [-0.2, -0.15) is 5.06 Å². The van der Waals surface area contributed by atoms with Gasteiger partial charge in [-0.1, -0.05) is 62.4 Å². The van der Waals surface area contributed by atoms with Gasteiger partial charge < -0.3 is 49.3 Å². The summed E-state index contributed by atoms with van der Waals surface area (Å²) >= 11 is 0. The number of nitrogens with zero attached hydrogens (tertiary/aromatic N) is 1. The molecule has 1 spiro atoms. The molecule has 4 saturated heterocycles. The van der Waals surface area contributed by atoms with Crippen molar-refractivity contribution < 1.29 is 72.2 Å². The third kappa shape index (κ3) is 9.16. The molecule has 0 aromatic heterocycles. The fourth-order valence-corrected chi connectivity index (χ4v) is 9.85. The monoisotopic (exact) mass is 903 g/mol. The zero-order valence-corrected chi connectivity index (χ0v) is 37.3. The Kier molecular flexibility index (Phi) is 12.5.